The number of hydrogen-bond donors (Lipinski definition) is 2. The predicted molar refractivity (Wildman–Crippen MR) is 98.0 cm³/mol. The van der Waals surface area contributed by atoms with E-state index in [1.54, 1.807) is 30.5 Å². The molecular formula is C19H21N3O3. The maximum absolute atomic E-state index is 12.0. The van der Waals surface area contributed by atoms with Gasteiger partial charge in [-0.05, 0) is 60.5 Å². The summed E-state index contributed by atoms with van der Waals surface area (Å²) in [5.74, 6) is 0.323. The lowest BCUT2D eigenvalue weighted by Gasteiger charge is -2.04. The van der Waals surface area contributed by atoms with E-state index in [-0.39, 0.29) is 11.8 Å². The van der Waals surface area contributed by atoms with Crippen LogP contribution in [0.5, 0.6) is 5.75 Å². The molecule has 0 aliphatic heterocycles. The van der Waals surface area contributed by atoms with Crippen LogP contribution < -0.4 is 15.5 Å². The first-order valence-electron chi connectivity index (χ1n) is 8.02. The van der Waals surface area contributed by atoms with Crippen molar-refractivity contribution in [3.05, 3.63) is 59.7 Å². The summed E-state index contributed by atoms with van der Waals surface area (Å²) in [6.07, 6.45) is 2.52. The molecule has 0 spiro atoms. The van der Waals surface area contributed by atoms with Gasteiger partial charge in [-0.2, -0.15) is 5.10 Å². The average molecular weight is 339 g/mol. The molecule has 2 amide bonds. The van der Waals surface area contributed by atoms with Crippen molar-refractivity contribution >= 4 is 23.7 Å². The summed E-state index contributed by atoms with van der Waals surface area (Å²) >= 11 is 0. The average Bonchev–Trinajstić information content (AvgIpc) is 2.61. The summed E-state index contributed by atoms with van der Waals surface area (Å²) in [5.41, 5.74) is 4.41. The molecule has 2 rings (SSSR count). The minimum Gasteiger partial charge on any atom is -0.494 e. The largest absolute Gasteiger partial charge is 0.494 e. The van der Waals surface area contributed by atoms with E-state index < -0.39 is 0 Å². The van der Waals surface area contributed by atoms with E-state index in [1.165, 1.54) is 6.92 Å². The normalized spacial score (nSPS) is 10.5. The van der Waals surface area contributed by atoms with Gasteiger partial charge in [-0.15, -0.1) is 0 Å². The van der Waals surface area contributed by atoms with E-state index >= 15 is 0 Å². The zero-order valence-corrected chi connectivity index (χ0v) is 14.3. The molecule has 0 heterocycles. The van der Waals surface area contributed by atoms with Crippen molar-refractivity contribution in [2.45, 2.75) is 20.3 Å². The number of carbonyl (C=O) groups is 2. The van der Waals surface area contributed by atoms with Gasteiger partial charge in [0.05, 0.1) is 12.8 Å². The molecule has 2 N–H and O–H groups in total. The topological polar surface area (TPSA) is 79.8 Å². The lowest BCUT2D eigenvalue weighted by atomic mass is 10.2. The van der Waals surface area contributed by atoms with Gasteiger partial charge in [-0.3, -0.25) is 9.59 Å². The molecule has 0 unspecified atom stereocenters. The molecule has 2 aromatic carbocycles. The van der Waals surface area contributed by atoms with E-state index in [1.807, 2.05) is 24.3 Å². The van der Waals surface area contributed by atoms with Gasteiger partial charge < -0.3 is 10.1 Å². The number of benzene rings is 2. The second-order valence-corrected chi connectivity index (χ2v) is 5.38. The highest BCUT2D eigenvalue weighted by atomic mass is 16.5. The Morgan fingerprint density at radius 2 is 1.76 bits per heavy atom. The first-order chi connectivity index (χ1) is 12.1. The Labute approximate surface area is 146 Å². The third-order valence-electron chi connectivity index (χ3n) is 3.20. The highest BCUT2D eigenvalue weighted by molar-refractivity contribution is 5.96. The third kappa shape index (κ3) is 6.10. The number of nitrogens with one attached hydrogen (secondary N) is 2. The summed E-state index contributed by atoms with van der Waals surface area (Å²) in [4.78, 5) is 23.0. The fraction of sp³-hybridized carbons (Fsp3) is 0.211. The molecule has 0 fully saturated rings. The minimum atomic E-state index is -0.325. The smallest absolute Gasteiger partial charge is 0.271 e. The molecule has 0 radical (unpaired) electrons. The van der Waals surface area contributed by atoms with Crippen LogP contribution in [0.25, 0.3) is 0 Å². The molecular weight excluding hydrogens is 318 g/mol. The Balaban J connectivity index is 1.88. The highest BCUT2D eigenvalue weighted by Gasteiger charge is 2.04. The van der Waals surface area contributed by atoms with Crippen LogP contribution in [0.1, 0.15) is 36.2 Å². The molecule has 6 heteroatoms. The zero-order valence-electron chi connectivity index (χ0n) is 14.3. The monoisotopic (exact) mass is 339 g/mol. The summed E-state index contributed by atoms with van der Waals surface area (Å²) < 4.78 is 5.50. The number of amides is 2. The van der Waals surface area contributed by atoms with E-state index in [0.717, 1.165) is 17.7 Å². The van der Waals surface area contributed by atoms with Crippen LogP contribution in [0.2, 0.25) is 0 Å². The number of anilines is 1. The van der Waals surface area contributed by atoms with E-state index in [4.69, 9.17) is 4.74 Å². The van der Waals surface area contributed by atoms with Crippen LogP contribution in [0, 0.1) is 0 Å². The summed E-state index contributed by atoms with van der Waals surface area (Å²) in [6.45, 7) is 4.17. The number of rotatable bonds is 7. The number of ether oxygens (including phenoxy) is 1. The molecule has 0 saturated carbocycles. The fourth-order valence-corrected chi connectivity index (χ4v) is 2.01. The molecule has 0 atom stereocenters. The van der Waals surface area contributed by atoms with Crippen LogP contribution in [0.4, 0.5) is 5.69 Å². The van der Waals surface area contributed by atoms with Crippen molar-refractivity contribution in [3.63, 3.8) is 0 Å². The van der Waals surface area contributed by atoms with E-state index in [0.29, 0.717) is 17.9 Å². The fourth-order valence-electron chi connectivity index (χ4n) is 2.01. The van der Waals surface area contributed by atoms with Crippen LogP contribution >= 0.6 is 0 Å². The Bertz CT molecular complexity index is 738. The van der Waals surface area contributed by atoms with Gasteiger partial charge >= 0.3 is 0 Å². The van der Waals surface area contributed by atoms with Gasteiger partial charge in [0.25, 0.3) is 5.91 Å². The first-order valence-corrected chi connectivity index (χ1v) is 8.02. The van der Waals surface area contributed by atoms with Gasteiger partial charge in [0.2, 0.25) is 5.91 Å². The standard InChI is InChI=1S/C19H21N3O3/c1-3-12-25-18-10-4-15(5-11-18)13-20-22-19(24)16-6-8-17(9-7-16)21-14(2)23/h4-11,13H,3,12H2,1-2H3,(H,21,23)(H,22,24). The van der Waals surface area contributed by atoms with Gasteiger partial charge in [-0.25, -0.2) is 5.43 Å². The number of hydrogen-bond acceptors (Lipinski definition) is 4. The molecule has 0 aromatic heterocycles. The molecule has 6 nitrogen and oxygen atoms in total. The van der Waals surface area contributed by atoms with E-state index in [9.17, 15) is 9.59 Å². The maximum atomic E-state index is 12.0. The molecule has 2 aromatic rings. The Morgan fingerprint density at radius 3 is 2.36 bits per heavy atom. The maximum Gasteiger partial charge on any atom is 0.271 e. The summed E-state index contributed by atoms with van der Waals surface area (Å²) in [7, 11) is 0. The second-order valence-electron chi connectivity index (χ2n) is 5.38. The van der Waals surface area contributed by atoms with Crippen molar-refractivity contribution in [1.29, 1.82) is 0 Å². The van der Waals surface area contributed by atoms with Crippen LogP contribution in [-0.2, 0) is 4.79 Å². The van der Waals surface area contributed by atoms with Gasteiger partial charge in [-0.1, -0.05) is 6.92 Å². The van der Waals surface area contributed by atoms with Crippen molar-refractivity contribution < 1.29 is 14.3 Å². The SMILES string of the molecule is CCCOc1ccc(C=NNC(=O)c2ccc(NC(C)=O)cc2)cc1. The van der Waals surface area contributed by atoms with Crippen LogP contribution in [0.15, 0.2) is 53.6 Å². The van der Waals surface area contributed by atoms with Crippen molar-refractivity contribution in [1.82, 2.24) is 5.43 Å². The molecule has 0 aliphatic carbocycles. The molecule has 0 saturated heterocycles. The Hall–Kier alpha value is -3.15. The van der Waals surface area contributed by atoms with Crippen LogP contribution in [0.3, 0.4) is 0 Å². The van der Waals surface area contributed by atoms with Gasteiger partial charge in [0, 0.05) is 18.2 Å². The van der Waals surface area contributed by atoms with Gasteiger partial charge in [0.15, 0.2) is 0 Å². The number of nitrogens with zero attached hydrogens (tertiary/aromatic N) is 1. The summed E-state index contributed by atoms with van der Waals surface area (Å²) in [5, 5.41) is 6.59. The molecule has 0 aliphatic rings. The van der Waals surface area contributed by atoms with Crippen molar-refractivity contribution in [2.24, 2.45) is 5.10 Å². The van der Waals surface area contributed by atoms with E-state index in [2.05, 4.69) is 22.8 Å². The molecule has 0 bridgehead atoms. The predicted octanol–water partition coefficient (Wildman–Crippen LogP) is 3.20. The first kappa shape index (κ1) is 18.2. The number of hydrazone groups is 1. The van der Waals surface area contributed by atoms with Crippen molar-refractivity contribution in [3.8, 4) is 5.75 Å². The highest BCUT2D eigenvalue weighted by Crippen LogP contribution is 2.11. The van der Waals surface area contributed by atoms with Gasteiger partial charge in [0.1, 0.15) is 5.75 Å². The quantitative estimate of drug-likeness (QED) is 0.600. The zero-order chi connectivity index (χ0) is 18.1. The lowest BCUT2D eigenvalue weighted by molar-refractivity contribution is -0.114. The minimum absolute atomic E-state index is 0.159. The molecule has 130 valence electrons. The summed E-state index contributed by atoms with van der Waals surface area (Å²) in [6, 6.07) is 14.0. The Morgan fingerprint density at radius 1 is 1.08 bits per heavy atom. The van der Waals surface area contributed by atoms with Crippen molar-refractivity contribution in [2.75, 3.05) is 11.9 Å². The number of carbonyl (C=O) groups excluding carboxylic acids is 2. The second kappa shape index (κ2) is 9.22. The lowest BCUT2D eigenvalue weighted by Crippen LogP contribution is -2.17. The van der Waals surface area contributed by atoms with Crippen LogP contribution in [-0.4, -0.2) is 24.6 Å². The molecule has 25 heavy (non-hydrogen) atoms. The third-order valence-corrected chi connectivity index (χ3v) is 3.20. The Kier molecular flexibility index (Phi) is 6.71.